The maximum Gasteiger partial charge on any atom is 0.226 e. The summed E-state index contributed by atoms with van der Waals surface area (Å²) in [5.41, 5.74) is 4.18. The fraction of sp³-hybridized carbons (Fsp3) is 0.278. The van der Waals surface area contributed by atoms with Crippen molar-refractivity contribution < 1.29 is 4.79 Å². The van der Waals surface area contributed by atoms with Crippen LogP contribution in [0.15, 0.2) is 42.5 Å². The normalized spacial score (nSPS) is 10.3. The summed E-state index contributed by atoms with van der Waals surface area (Å²) < 4.78 is 0. The largest absolute Gasteiger partial charge is 0.384 e. The van der Waals surface area contributed by atoms with Gasteiger partial charge in [0.2, 0.25) is 5.91 Å². The van der Waals surface area contributed by atoms with Crippen molar-refractivity contribution in [3.63, 3.8) is 0 Å². The monoisotopic (exact) mass is 316 g/mol. The van der Waals surface area contributed by atoms with E-state index in [0.29, 0.717) is 13.0 Å². The fourth-order valence-electron chi connectivity index (χ4n) is 2.18. The highest BCUT2D eigenvalue weighted by Crippen LogP contribution is 2.19. The lowest BCUT2D eigenvalue weighted by atomic mass is 10.1. The van der Waals surface area contributed by atoms with E-state index in [9.17, 15) is 4.79 Å². The third kappa shape index (κ3) is 4.78. The van der Waals surface area contributed by atoms with Crippen molar-refractivity contribution in [2.24, 2.45) is 0 Å². The standard InChI is InChI=1S/C18H21ClN2O/c1-3-14-4-7-16(8-5-14)21-18(22)10-11-20-17-9-6-15(19)12-13(17)2/h4-9,12,20H,3,10-11H2,1-2H3,(H,21,22). The van der Waals surface area contributed by atoms with Gasteiger partial charge in [-0.1, -0.05) is 30.7 Å². The van der Waals surface area contributed by atoms with Gasteiger partial charge in [0, 0.05) is 29.4 Å². The van der Waals surface area contributed by atoms with Crippen molar-refractivity contribution in [1.82, 2.24) is 0 Å². The summed E-state index contributed by atoms with van der Waals surface area (Å²) in [5.74, 6) is 0.00312. The van der Waals surface area contributed by atoms with Crippen LogP contribution in [0.5, 0.6) is 0 Å². The predicted octanol–water partition coefficient (Wildman–Crippen LogP) is 4.65. The first-order valence-corrected chi connectivity index (χ1v) is 7.85. The minimum atomic E-state index is 0.00312. The summed E-state index contributed by atoms with van der Waals surface area (Å²) in [6.45, 7) is 4.68. The maximum atomic E-state index is 11.9. The zero-order valence-electron chi connectivity index (χ0n) is 12.9. The van der Waals surface area contributed by atoms with Crippen LogP contribution in [0.25, 0.3) is 0 Å². The first kappa shape index (κ1) is 16.4. The van der Waals surface area contributed by atoms with Gasteiger partial charge in [-0.3, -0.25) is 4.79 Å². The number of carbonyl (C=O) groups is 1. The number of nitrogens with one attached hydrogen (secondary N) is 2. The molecule has 0 bridgehead atoms. The molecule has 0 saturated heterocycles. The van der Waals surface area contributed by atoms with Crippen LogP contribution in [0.3, 0.4) is 0 Å². The van der Waals surface area contributed by atoms with E-state index in [1.54, 1.807) is 0 Å². The third-order valence-electron chi connectivity index (χ3n) is 3.50. The van der Waals surface area contributed by atoms with Gasteiger partial charge in [-0.2, -0.15) is 0 Å². The molecule has 0 atom stereocenters. The van der Waals surface area contributed by atoms with E-state index in [1.807, 2.05) is 49.4 Å². The molecular weight excluding hydrogens is 296 g/mol. The van der Waals surface area contributed by atoms with Gasteiger partial charge >= 0.3 is 0 Å². The highest BCUT2D eigenvalue weighted by atomic mass is 35.5. The summed E-state index contributed by atoms with van der Waals surface area (Å²) in [6.07, 6.45) is 1.41. The van der Waals surface area contributed by atoms with Crippen LogP contribution in [0, 0.1) is 6.92 Å². The Morgan fingerprint density at radius 2 is 1.86 bits per heavy atom. The molecule has 116 valence electrons. The average Bonchev–Trinajstić information content (AvgIpc) is 2.50. The third-order valence-corrected chi connectivity index (χ3v) is 3.74. The van der Waals surface area contributed by atoms with Gasteiger partial charge in [0.25, 0.3) is 0 Å². The highest BCUT2D eigenvalue weighted by molar-refractivity contribution is 6.30. The van der Waals surface area contributed by atoms with Crippen molar-refractivity contribution in [2.75, 3.05) is 17.2 Å². The van der Waals surface area contributed by atoms with Crippen molar-refractivity contribution in [2.45, 2.75) is 26.7 Å². The number of aryl methyl sites for hydroxylation is 2. The Balaban J connectivity index is 1.79. The van der Waals surface area contributed by atoms with E-state index in [-0.39, 0.29) is 5.91 Å². The number of anilines is 2. The molecule has 0 saturated carbocycles. The Hall–Kier alpha value is -2.00. The van der Waals surface area contributed by atoms with Gasteiger partial charge in [0.1, 0.15) is 0 Å². The molecule has 1 amide bonds. The Morgan fingerprint density at radius 1 is 1.14 bits per heavy atom. The SMILES string of the molecule is CCc1ccc(NC(=O)CCNc2ccc(Cl)cc2C)cc1. The fourth-order valence-corrected chi connectivity index (χ4v) is 2.41. The predicted molar refractivity (Wildman–Crippen MR) is 93.7 cm³/mol. The zero-order chi connectivity index (χ0) is 15.9. The van der Waals surface area contributed by atoms with E-state index < -0.39 is 0 Å². The van der Waals surface area contributed by atoms with Gasteiger partial charge in [-0.15, -0.1) is 0 Å². The molecule has 0 heterocycles. The molecule has 0 aliphatic heterocycles. The van der Waals surface area contributed by atoms with Gasteiger partial charge in [-0.25, -0.2) is 0 Å². The Bertz CT molecular complexity index is 638. The molecule has 3 nitrogen and oxygen atoms in total. The quantitative estimate of drug-likeness (QED) is 0.814. The van der Waals surface area contributed by atoms with E-state index >= 15 is 0 Å². The van der Waals surface area contributed by atoms with Crippen LogP contribution in [-0.2, 0) is 11.2 Å². The first-order valence-electron chi connectivity index (χ1n) is 7.47. The highest BCUT2D eigenvalue weighted by Gasteiger charge is 2.03. The first-order chi connectivity index (χ1) is 10.6. The van der Waals surface area contributed by atoms with Gasteiger partial charge in [-0.05, 0) is 54.8 Å². The van der Waals surface area contributed by atoms with Crippen LogP contribution >= 0.6 is 11.6 Å². The number of rotatable bonds is 6. The number of benzene rings is 2. The molecule has 0 aliphatic carbocycles. The van der Waals surface area contributed by atoms with Gasteiger partial charge < -0.3 is 10.6 Å². The summed E-state index contributed by atoms with van der Waals surface area (Å²) in [4.78, 5) is 11.9. The zero-order valence-corrected chi connectivity index (χ0v) is 13.7. The van der Waals surface area contributed by atoms with E-state index in [4.69, 9.17) is 11.6 Å². The summed E-state index contributed by atoms with van der Waals surface area (Å²) in [5, 5.41) is 6.88. The number of halogens is 1. The van der Waals surface area contributed by atoms with Crippen LogP contribution in [0.2, 0.25) is 5.02 Å². The van der Waals surface area contributed by atoms with Crippen LogP contribution in [0.1, 0.15) is 24.5 Å². The summed E-state index contributed by atoms with van der Waals surface area (Å²) in [6, 6.07) is 13.6. The molecule has 2 aromatic carbocycles. The van der Waals surface area contributed by atoms with Crippen LogP contribution in [-0.4, -0.2) is 12.5 Å². The number of hydrogen-bond donors (Lipinski definition) is 2. The van der Waals surface area contributed by atoms with Crippen molar-refractivity contribution in [1.29, 1.82) is 0 Å². The molecule has 0 spiro atoms. The molecule has 0 radical (unpaired) electrons. The molecule has 0 fully saturated rings. The molecule has 2 N–H and O–H groups in total. The Kier molecular flexibility index (Phi) is 5.84. The molecular formula is C18H21ClN2O. The number of carbonyl (C=O) groups excluding carboxylic acids is 1. The van der Waals surface area contributed by atoms with E-state index in [1.165, 1.54) is 5.56 Å². The Morgan fingerprint density at radius 3 is 2.50 bits per heavy atom. The second-order valence-electron chi connectivity index (χ2n) is 5.23. The van der Waals surface area contributed by atoms with Crippen molar-refractivity contribution in [3.8, 4) is 0 Å². The minimum Gasteiger partial charge on any atom is -0.384 e. The lowest BCUT2D eigenvalue weighted by Crippen LogP contribution is -2.16. The topological polar surface area (TPSA) is 41.1 Å². The summed E-state index contributed by atoms with van der Waals surface area (Å²) >= 11 is 5.92. The molecule has 0 unspecified atom stereocenters. The summed E-state index contributed by atoms with van der Waals surface area (Å²) in [7, 11) is 0. The molecule has 2 rings (SSSR count). The Labute approximate surface area is 136 Å². The molecule has 22 heavy (non-hydrogen) atoms. The van der Waals surface area contributed by atoms with E-state index in [0.717, 1.165) is 28.4 Å². The molecule has 0 aliphatic rings. The molecule has 0 aromatic heterocycles. The smallest absolute Gasteiger partial charge is 0.226 e. The van der Waals surface area contributed by atoms with Crippen molar-refractivity contribution in [3.05, 3.63) is 58.6 Å². The maximum absolute atomic E-state index is 11.9. The second kappa shape index (κ2) is 7.85. The average molecular weight is 317 g/mol. The molecule has 4 heteroatoms. The van der Waals surface area contributed by atoms with Crippen LogP contribution < -0.4 is 10.6 Å². The van der Waals surface area contributed by atoms with Gasteiger partial charge in [0.15, 0.2) is 0 Å². The van der Waals surface area contributed by atoms with Gasteiger partial charge in [0.05, 0.1) is 0 Å². The van der Waals surface area contributed by atoms with E-state index in [2.05, 4.69) is 17.6 Å². The molecule has 2 aromatic rings. The van der Waals surface area contributed by atoms with Crippen LogP contribution in [0.4, 0.5) is 11.4 Å². The number of hydrogen-bond acceptors (Lipinski definition) is 2. The number of amides is 1. The van der Waals surface area contributed by atoms with Crippen molar-refractivity contribution >= 4 is 28.9 Å². The lowest BCUT2D eigenvalue weighted by Gasteiger charge is -2.10. The minimum absolute atomic E-state index is 0.00312. The lowest BCUT2D eigenvalue weighted by molar-refractivity contribution is -0.115. The second-order valence-corrected chi connectivity index (χ2v) is 5.67.